The fourth-order valence-corrected chi connectivity index (χ4v) is 2.58. The minimum Gasteiger partial charge on any atom is -0.339 e. The van der Waals surface area contributed by atoms with E-state index in [1.807, 2.05) is 11.0 Å². The molecule has 0 aliphatic carbocycles. The van der Waals surface area contributed by atoms with Crippen LogP contribution in [-0.4, -0.2) is 29.9 Å². The third-order valence-electron chi connectivity index (χ3n) is 3.42. The number of carbonyl (C=O) groups excluding carboxylic acids is 1. The van der Waals surface area contributed by atoms with Gasteiger partial charge in [-0.15, -0.1) is 0 Å². The zero-order valence-corrected chi connectivity index (χ0v) is 10.4. The Hall–Kier alpha value is -1.42. The number of benzene rings is 1. The van der Waals surface area contributed by atoms with Gasteiger partial charge in [0.15, 0.2) is 0 Å². The molecule has 0 bridgehead atoms. The van der Waals surface area contributed by atoms with Crippen LogP contribution < -0.4 is 5.73 Å². The molecule has 18 heavy (non-hydrogen) atoms. The van der Waals surface area contributed by atoms with Crippen molar-refractivity contribution in [2.24, 2.45) is 5.73 Å². The molecule has 1 unspecified atom stereocenters. The number of amides is 1. The van der Waals surface area contributed by atoms with E-state index in [0.717, 1.165) is 31.4 Å². The van der Waals surface area contributed by atoms with Crippen molar-refractivity contribution in [3.8, 4) is 0 Å². The highest BCUT2D eigenvalue weighted by Crippen LogP contribution is 2.22. The minimum atomic E-state index is -0.217. The smallest absolute Gasteiger partial charge is 0.224 e. The molecule has 1 aromatic carbocycles. The maximum Gasteiger partial charge on any atom is 0.224 e. The van der Waals surface area contributed by atoms with Crippen LogP contribution in [0.3, 0.4) is 0 Å². The van der Waals surface area contributed by atoms with Crippen molar-refractivity contribution in [2.75, 3.05) is 13.1 Å². The van der Waals surface area contributed by atoms with Gasteiger partial charge in [0.2, 0.25) is 5.91 Å². The van der Waals surface area contributed by atoms with Gasteiger partial charge in [-0.1, -0.05) is 12.1 Å². The zero-order valence-electron chi connectivity index (χ0n) is 10.4. The molecule has 1 aliphatic rings. The van der Waals surface area contributed by atoms with Crippen molar-refractivity contribution in [2.45, 2.75) is 31.7 Å². The third-order valence-corrected chi connectivity index (χ3v) is 3.42. The van der Waals surface area contributed by atoms with Crippen LogP contribution in [0.2, 0.25) is 0 Å². The number of hydrogen-bond acceptors (Lipinski definition) is 2. The fourth-order valence-electron chi connectivity index (χ4n) is 2.58. The fraction of sp³-hybridized carbons (Fsp3) is 0.500. The molecule has 0 radical (unpaired) electrons. The van der Waals surface area contributed by atoms with Crippen LogP contribution in [0.5, 0.6) is 0 Å². The second kappa shape index (κ2) is 5.96. The molecule has 0 spiro atoms. The van der Waals surface area contributed by atoms with E-state index in [4.69, 9.17) is 5.73 Å². The predicted molar refractivity (Wildman–Crippen MR) is 68.5 cm³/mol. The lowest BCUT2D eigenvalue weighted by atomic mass is 10.0. The summed E-state index contributed by atoms with van der Waals surface area (Å²) in [6.07, 6.45) is 3.15. The van der Waals surface area contributed by atoms with Gasteiger partial charge in [0, 0.05) is 25.6 Å². The maximum absolute atomic E-state index is 13.1. The zero-order chi connectivity index (χ0) is 13.0. The quantitative estimate of drug-likeness (QED) is 0.884. The first-order valence-corrected chi connectivity index (χ1v) is 6.44. The first-order chi connectivity index (χ1) is 8.70. The number of rotatable bonds is 4. The van der Waals surface area contributed by atoms with Crippen LogP contribution in [0.25, 0.3) is 0 Å². The molecule has 0 saturated carbocycles. The van der Waals surface area contributed by atoms with Gasteiger partial charge in [-0.2, -0.15) is 0 Å². The number of halogens is 1. The molecule has 98 valence electrons. The van der Waals surface area contributed by atoms with Crippen molar-refractivity contribution in [3.63, 3.8) is 0 Å². The molecule has 1 aliphatic heterocycles. The number of nitrogens with zero attached hydrogens (tertiary/aromatic N) is 1. The summed E-state index contributed by atoms with van der Waals surface area (Å²) < 4.78 is 13.1. The third kappa shape index (κ3) is 3.07. The minimum absolute atomic E-state index is 0.122. The summed E-state index contributed by atoms with van der Waals surface area (Å²) >= 11 is 0. The van der Waals surface area contributed by atoms with Crippen LogP contribution in [0.4, 0.5) is 4.39 Å². The van der Waals surface area contributed by atoms with Gasteiger partial charge in [-0.3, -0.25) is 4.79 Å². The number of likely N-dealkylation sites (tertiary alicyclic amines) is 1. The summed E-state index contributed by atoms with van der Waals surface area (Å²) in [5.41, 5.74) is 6.37. The summed E-state index contributed by atoms with van der Waals surface area (Å²) in [4.78, 5) is 13.8. The van der Waals surface area contributed by atoms with Crippen LogP contribution in [0.15, 0.2) is 24.3 Å². The van der Waals surface area contributed by atoms with E-state index >= 15 is 0 Å². The van der Waals surface area contributed by atoms with Gasteiger partial charge < -0.3 is 10.6 Å². The summed E-state index contributed by atoms with van der Waals surface area (Å²) in [5.74, 6) is -0.0956. The van der Waals surface area contributed by atoms with E-state index in [-0.39, 0.29) is 17.8 Å². The Bertz CT molecular complexity index is 422. The highest BCUT2D eigenvalue weighted by atomic mass is 19.1. The van der Waals surface area contributed by atoms with Crippen LogP contribution in [-0.2, 0) is 11.2 Å². The molecule has 2 rings (SSSR count). The Labute approximate surface area is 107 Å². The number of nitrogens with two attached hydrogens (primary N) is 1. The molecule has 3 nitrogen and oxygen atoms in total. The van der Waals surface area contributed by atoms with Crippen molar-refractivity contribution in [1.82, 2.24) is 4.90 Å². The predicted octanol–water partition coefficient (Wildman–Crippen LogP) is 1.71. The van der Waals surface area contributed by atoms with Crippen LogP contribution >= 0.6 is 0 Å². The van der Waals surface area contributed by atoms with E-state index in [9.17, 15) is 9.18 Å². The van der Waals surface area contributed by atoms with Gasteiger partial charge in [0.25, 0.3) is 0 Å². The molecule has 2 N–H and O–H groups in total. The van der Waals surface area contributed by atoms with Gasteiger partial charge in [-0.05, 0) is 37.0 Å². The van der Waals surface area contributed by atoms with Crippen molar-refractivity contribution in [1.29, 1.82) is 0 Å². The van der Waals surface area contributed by atoms with Crippen LogP contribution in [0, 0.1) is 5.82 Å². The molecule has 1 heterocycles. The highest BCUT2D eigenvalue weighted by molar-refractivity contribution is 5.77. The molecule has 1 aromatic rings. The maximum atomic E-state index is 13.1. The molecule has 1 saturated heterocycles. The second-order valence-electron chi connectivity index (χ2n) is 4.76. The Kier molecular flexibility index (Phi) is 4.31. The lowest BCUT2D eigenvalue weighted by Gasteiger charge is -2.24. The normalized spacial score (nSPS) is 19.2. The first kappa shape index (κ1) is 13.0. The second-order valence-corrected chi connectivity index (χ2v) is 4.76. The SMILES string of the molecule is NCCC(=O)N1CCCC1Cc1cccc(F)c1. The van der Waals surface area contributed by atoms with Gasteiger partial charge in [0.1, 0.15) is 5.82 Å². The Morgan fingerprint density at radius 3 is 3.06 bits per heavy atom. The summed E-state index contributed by atoms with van der Waals surface area (Å²) in [5, 5.41) is 0. The Balaban J connectivity index is 2.01. The molecule has 0 aromatic heterocycles. The number of hydrogen-bond donors (Lipinski definition) is 1. The highest BCUT2D eigenvalue weighted by Gasteiger charge is 2.28. The van der Waals surface area contributed by atoms with E-state index in [2.05, 4.69) is 0 Å². The molecule has 1 atom stereocenters. The van der Waals surface area contributed by atoms with Crippen LogP contribution in [0.1, 0.15) is 24.8 Å². The monoisotopic (exact) mass is 250 g/mol. The van der Waals surface area contributed by atoms with Gasteiger partial charge in [-0.25, -0.2) is 4.39 Å². The van der Waals surface area contributed by atoms with Crippen molar-refractivity contribution >= 4 is 5.91 Å². The van der Waals surface area contributed by atoms with Crippen molar-refractivity contribution in [3.05, 3.63) is 35.6 Å². The molecular formula is C14H19FN2O. The average Bonchev–Trinajstić information content (AvgIpc) is 2.77. The molecule has 1 fully saturated rings. The standard InChI is InChI=1S/C14H19FN2O/c15-12-4-1-3-11(9-12)10-13-5-2-8-17(13)14(18)6-7-16/h1,3-4,9,13H,2,5-8,10,16H2. The van der Waals surface area contributed by atoms with Gasteiger partial charge in [0.05, 0.1) is 0 Å². The van der Waals surface area contributed by atoms with E-state index in [0.29, 0.717) is 13.0 Å². The van der Waals surface area contributed by atoms with Gasteiger partial charge >= 0.3 is 0 Å². The lowest BCUT2D eigenvalue weighted by molar-refractivity contribution is -0.131. The van der Waals surface area contributed by atoms with E-state index in [1.165, 1.54) is 6.07 Å². The first-order valence-electron chi connectivity index (χ1n) is 6.44. The number of carbonyl (C=O) groups is 1. The van der Waals surface area contributed by atoms with Crippen molar-refractivity contribution < 1.29 is 9.18 Å². The Morgan fingerprint density at radius 1 is 1.50 bits per heavy atom. The van der Waals surface area contributed by atoms with E-state index < -0.39 is 0 Å². The molecule has 4 heteroatoms. The molecule has 1 amide bonds. The summed E-state index contributed by atoms with van der Waals surface area (Å²) in [7, 11) is 0. The summed E-state index contributed by atoms with van der Waals surface area (Å²) in [6, 6.07) is 6.81. The summed E-state index contributed by atoms with van der Waals surface area (Å²) in [6.45, 7) is 1.20. The molecular weight excluding hydrogens is 231 g/mol. The average molecular weight is 250 g/mol. The Morgan fingerprint density at radius 2 is 2.33 bits per heavy atom. The topological polar surface area (TPSA) is 46.3 Å². The lowest BCUT2D eigenvalue weighted by Crippen LogP contribution is -2.37. The largest absolute Gasteiger partial charge is 0.339 e. The van der Waals surface area contributed by atoms with E-state index in [1.54, 1.807) is 12.1 Å².